The van der Waals surface area contributed by atoms with Crippen LogP contribution in [0.4, 0.5) is 0 Å². The summed E-state index contributed by atoms with van der Waals surface area (Å²) in [7, 11) is 2.19. The smallest absolute Gasteiger partial charge is 0.305 e. The van der Waals surface area contributed by atoms with Gasteiger partial charge in [-0.25, -0.2) is 0 Å². The maximum atomic E-state index is 11.9. The highest BCUT2D eigenvalue weighted by atomic mass is 32.1. The van der Waals surface area contributed by atoms with E-state index in [1.807, 2.05) is 0 Å². The van der Waals surface area contributed by atoms with Crippen molar-refractivity contribution in [2.75, 3.05) is 7.05 Å². The maximum absolute atomic E-state index is 11.9. The summed E-state index contributed by atoms with van der Waals surface area (Å²) in [6.45, 7) is 2.94. The third-order valence-corrected chi connectivity index (χ3v) is 5.52. The van der Waals surface area contributed by atoms with Gasteiger partial charge < -0.3 is 4.98 Å². The number of aryl methyl sites for hydroxylation is 1. The average molecular weight is 316 g/mol. The summed E-state index contributed by atoms with van der Waals surface area (Å²) in [6.07, 6.45) is 6.62. The summed E-state index contributed by atoms with van der Waals surface area (Å²) >= 11 is 1.35. The third-order valence-electron chi connectivity index (χ3n) is 4.65. The molecule has 0 atom stereocenters. The van der Waals surface area contributed by atoms with E-state index in [0.717, 1.165) is 22.7 Å². The fourth-order valence-electron chi connectivity index (χ4n) is 3.30. The van der Waals surface area contributed by atoms with Crippen LogP contribution in [-0.4, -0.2) is 23.0 Å². The molecule has 1 aromatic carbocycles. The van der Waals surface area contributed by atoms with Crippen LogP contribution in [0, 0.1) is 6.92 Å². The Bertz CT molecular complexity index is 665. The monoisotopic (exact) mass is 316 g/mol. The van der Waals surface area contributed by atoms with E-state index in [0.29, 0.717) is 6.04 Å². The molecule has 3 rings (SSSR count). The van der Waals surface area contributed by atoms with E-state index in [1.165, 1.54) is 49.0 Å². The van der Waals surface area contributed by atoms with E-state index in [1.54, 1.807) is 0 Å². The molecule has 0 spiro atoms. The van der Waals surface area contributed by atoms with Crippen molar-refractivity contribution in [1.82, 2.24) is 9.88 Å². The highest BCUT2D eigenvalue weighted by Gasteiger charge is 2.20. The van der Waals surface area contributed by atoms with Crippen LogP contribution in [0.2, 0.25) is 0 Å². The molecule has 0 radical (unpaired) electrons. The van der Waals surface area contributed by atoms with E-state index in [9.17, 15) is 4.79 Å². The number of hydrogen-bond donors (Lipinski definition) is 1. The number of H-pyrrole nitrogens is 1. The highest BCUT2D eigenvalue weighted by Crippen LogP contribution is 2.28. The molecule has 1 aliphatic carbocycles. The van der Waals surface area contributed by atoms with Crippen molar-refractivity contribution < 1.29 is 0 Å². The van der Waals surface area contributed by atoms with E-state index in [-0.39, 0.29) is 4.87 Å². The van der Waals surface area contributed by atoms with Crippen LogP contribution in [0.5, 0.6) is 0 Å². The van der Waals surface area contributed by atoms with Gasteiger partial charge in [-0.05, 0) is 32.4 Å². The first-order valence-electron chi connectivity index (χ1n) is 8.13. The van der Waals surface area contributed by atoms with Crippen LogP contribution in [0.25, 0.3) is 11.3 Å². The predicted octanol–water partition coefficient (Wildman–Crippen LogP) is 4.18. The van der Waals surface area contributed by atoms with E-state index in [2.05, 4.69) is 48.1 Å². The van der Waals surface area contributed by atoms with Crippen molar-refractivity contribution in [3.63, 3.8) is 0 Å². The Morgan fingerprint density at radius 1 is 1.18 bits per heavy atom. The lowest BCUT2D eigenvalue weighted by molar-refractivity contribution is 0.186. The molecule has 1 aromatic heterocycles. The SMILES string of the molecule is Cc1ccc(-c2[nH]c(=O)sc2CN(C)C2CCCCC2)cc1. The predicted molar refractivity (Wildman–Crippen MR) is 93.5 cm³/mol. The number of aromatic nitrogens is 1. The van der Waals surface area contributed by atoms with Crippen LogP contribution in [0.1, 0.15) is 42.5 Å². The largest absolute Gasteiger partial charge is 0.312 e. The molecule has 0 saturated heterocycles. The van der Waals surface area contributed by atoms with E-state index in [4.69, 9.17) is 0 Å². The first-order chi connectivity index (χ1) is 10.6. The van der Waals surface area contributed by atoms with Gasteiger partial charge in [0.05, 0.1) is 5.69 Å². The van der Waals surface area contributed by atoms with Crippen LogP contribution in [0.15, 0.2) is 29.1 Å². The molecule has 118 valence electrons. The second-order valence-corrected chi connectivity index (χ2v) is 7.45. The summed E-state index contributed by atoms with van der Waals surface area (Å²) < 4.78 is 0. The topological polar surface area (TPSA) is 36.1 Å². The Hall–Kier alpha value is -1.39. The molecule has 0 amide bonds. The summed E-state index contributed by atoms with van der Waals surface area (Å²) in [5.41, 5.74) is 3.34. The molecule has 3 nitrogen and oxygen atoms in total. The Kier molecular flexibility index (Phi) is 4.79. The van der Waals surface area contributed by atoms with Crippen molar-refractivity contribution >= 4 is 11.3 Å². The van der Waals surface area contributed by atoms with Crippen LogP contribution in [0.3, 0.4) is 0 Å². The summed E-state index contributed by atoms with van der Waals surface area (Å²) in [6, 6.07) is 9.05. The highest BCUT2D eigenvalue weighted by molar-refractivity contribution is 7.09. The molecule has 0 unspecified atom stereocenters. The number of nitrogens with one attached hydrogen (secondary N) is 1. The molecule has 22 heavy (non-hydrogen) atoms. The van der Waals surface area contributed by atoms with Crippen LogP contribution in [-0.2, 0) is 6.54 Å². The molecule has 2 aromatic rings. The lowest BCUT2D eigenvalue weighted by Crippen LogP contribution is -2.32. The molecule has 0 bridgehead atoms. The average Bonchev–Trinajstić information content (AvgIpc) is 2.89. The van der Waals surface area contributed by atoms with Crippen molar-refractivity contribution in [2.24, 2.45) is 0 Å². The number of rotatable bonds is 4. The van der Waals surface area contributed by atoms with Crippen molar-refractivity contribution in [2.45, 2.75) is 51.6 Å². The van der Waals surface area contributed by atoms with Gasteiger partial charge >= 0.3 is 4.87 Å². The minimum Gasteiger partial charge on any atom is -0.312 e. The van der Waals surface area contributed by atoms with Gasteiger partial charge in [-0.1, -0.05) is 60.4 Å². The van der Waals surface area contributed by atoms with Gasteiger partial charge in [0, 0.05) is 17.5 Å². The number of nitrogens with zero attached hydrogens (tertiary/aromatic N) is 1. The van der Waals surface area contributed by atoms with Gasteiger partial charge in [-0.3, -0.25) is 9.69 Å². The first kappa shape index (κ1) is 15.5. The second kappa shape index (κ2) is 6.80. The maximum Gasteiger partial charge on any atom is 0.305 e. The molecule has 1 fully saturated rings. The number of hydrogen-bond acceptors (Lipinski definition) is 3. The molecule has 0 aliphatic heterocycles. The zero-order chi connectivity index (χ0) is 15.5. The number of aromatic amines is 1. The van der Waals surface area contributed by atoms with Gasteiger partial charge in [-0.15, -0.1) is 0 Å². The Labute approximate surface area is 136 Å². The Balaban J connectivity index is 1.81. The van der Waals surface area contributed by atoms with Gasteiger partial charge in [0.1, 0.15) is 0 Å². The van der Waals surface area contributed by atoms with Crippen molar-refractivity contribution in [3.8, 4) is 11.3 Å². The molecule has 1 saturated carbocycles. The number of benzene rings is 1. The lowest BCUT2D eigenvalue weighted by Gasteiger charge is -2.31. The first-order valence-corrected chi connectivity index (χ1v) is 8.94. The molecular formula is C18H24N2OS. The zero-order valence-electron chi connectivity index (χ0n) is 13.4. The van der Waals surface area contributed by atoms with E-state index >= 15 is 0 Å². The fraction of sp³-hybridized carbons (Fsp3) is 0.500. The zero-order valence-corrected chi connectivity index (χ0v) is 14.2. The third kappa shape index (κ3) is 3.50. The van der Waals surface area contributed by atoms with Crippen molar-refractivity contribution in [1.29, 1.82) is 0 Å². The van der Waals surface area contributed by atoms with Gasteiger partial charge in [0.2, 0.25) is 0 Å². The number of thiazole rings is 1. The molecule has 1 N–H and O–H groups in total. The summed E-state index contributed by atoms with van der Waals surface area (Å²) in [5, 5.41) is 0. The molecule has 4 heteroatoms. The van der Waals surface area contributed by atoms with Gasteiger partial charge in [-0.2, -0.15) is 0 Å². The Morgan fingerprint density at radius 2 is 1.86 bits per heavy atom. The summed E-state index contributed by atoms with van der Waals surface area (Å²) in [4.78, 5) is 18.5. The molecule has 1 aliphatic rings. The minimum atomic E-state index is 0.0441. The normalized spacial score (nSPS) is 16.3. The van der Waals surface area contributed by atoms with Gasteiger partial charge in [0.25, 0.3) is 0 Å². The van der Waals surface area contributed by atoms with Gasteiger partial charge in [0.15, 0.2) is 0 Å². The Morgan fingerprint density at radius 3 is 2.55 bits per heavy atom. The minimum absolute atomic E-state index is 0.0441. The van der Waals surface area contributed by atoms with Crippen LogP contribution < -0.4 is 4.87 Å². The van der Waals surface area contributed by atoms with E-state index < -0.39 is 0 Å². The lowest BCUT2D eigenvalue weighted by atomic mass is 9.94. The second-order valence-electron chi connectivity index (χ2n) is 6.39. The fourth-order valence-corrected chi connectivity index (χ4v) is 4.22. The molecular weight excluding hydrogens is 292 g/mol. The van der Waals surface area contributed by atoms with Crippen molar-refractivity contribution in [3.05, 3.63) is 44.4 Å². The van der Waals surface area contributed by atoms with Crippen LogP contribution >= 0.6 is 11.3 Å². The quantitative estimate of drug-likeness (QED) is 0.918. The molecule has 1 heterocycles. The standard InChI is InChI=1S/C18H24N2OS/c1-13-8-10-14(11-9-13)17-16(22-18(21)19-17)12-20(2)15-6-4-3-5-7-15/h8-11,15H,3-7,12H2,1-2H3,(H,19,21). The summed E-state index contributed by atoms with van der Waals surface area (Å²) in [5.74, 6) is 0.